The number of carbonyl (C=O) groups excluding carboxylic acids is 1. The van der Waals surface area contributed by atoms with Gasteiger partial charge in [-0.05, 0) is 37.1 Å². The van der Waals surface area contributed by atoms with Crippen LogP contribution in [0.4, 0.5) is 5.13 Å². The predicted octanol–water partition coefficient (Wildman–Crippen LogP) is 6.09. The maximum absolute atomic E-state index is 12.5. The first-order chi connectivity index (χ1) is 12.1. The minimum absolute atomic E-state index is 0.114. The number of thiazole rings is 1. The number of rotatable bonds is 5. The molecule has 3 rings (SSSR count). The molecule has 0 saturated heterocycles. The summed E-state index contributed by atoms with van der Waals surface area (Å²) in [6, 6.07) is 15.7. The van der Waals surface area contributed by atoms with E-state index in [1.807, 2.05) is 55.5 Å². The van der Waals surface area contributed by atoms with Crippen LogP contribution < -0.4 is 5.32 Å². The maximum Gasteiger partial charge on any atom is 0.257 e. The number of hydrogen-bond donors (Lipinski definition) is 1. The quantitative estimate of drug-likeness (QED) is 0.548. The fraction of sp³-hybridized carbons (Fsp3) is 0.200. The van der Waals surface area contributed by atoms with Gasteiger partial charge in [0.15, 0.2) is 5.13 Å². The van der Waals surface area contributed by atoms with Crippen molar-refractivity contribution in [2.75, 3.05) is 5.32 Å². The Bertz CT molecular complexity index is 887. The second kappa shape index (κ2) is 7.93. The van der Waals surface area contributed by atoms with Gasteiger partial charge in [0.25, 0.3) is 5.91 Å². The molecule has 0 unspecified atom stereocenters. The van der Waals surface area contributed by atoms with Crippen LogP contribution in [-0.4, -0.2) is 10.9 Å². The third-order valence-electron chi connectivity index (χ3n) is 3.90. The molecule has 1 N–H and O–H groups in total. The number of hydrogen-bond acceptors (Lipinski definition) is 3. The highest BCUT2D eigenvalue weighted by molar-refractivity contribution is 9.10. The number of anilines is 1. The molecule has 1 amide bonds. The van der Waals surface area contributed by atoms with Gasteiger partial charge in [0.1, 0.15) is 0 Å². The van der Waals surface area contributed by atoms with Crippen molar-refractivity contribution in [2.45, 2.75) is 26.7 Å². The van der Waals surface area contributed by atoms with E-state index in [4.69, 9.17) is 4.98 Å². The molecular formula is C20H19BrN2OS. The zero-order valence-corrected chi connectivity index (χ0v) is 16.6. The lowest BCUT2D eigenvalue weighted by atomic mass is 10.1. The van der Waals surface area contributed by atoms with Crippen LogP contribution in [0.25, 0.3) is 11.3 Å². The molecule has 1 heterocycles. The third-order valence-corrected chi connectivity index (χ3v) is 5.46. The first kappa shape index (κ1) is 17.8. The van der Waals surface area contributed by atoms with Crippen LogP contribution in [0, 0.1) is 6.92 Å². The highest BCUT2D eigenvalue weighted by Gasteiger charge is 2.16. The van der Waals surface area contributed by atoms with E-state index in [2.05, 4.69) is 28.2 Å². The monoisotopic (exact) mass is 414 g/mol. The van der Waals surface area contributed by atoms with Gasteiger partial charge in [-0.1, -0.05) is 59.6 Å². The van der Waals surface area contributed by atoms with Crippen LogP contribution in [-0.2, 0) is 6.42 Å². The zero-order valence-electron chi connectivity index (χ0n) is 14.2. The molecule has 0 saturated carbocycles. The molecule has 5 heteroatoms. The van der Waals surface area contributed by atoms with Crippen LogP contribution in [0.2, 0.25) is 0 Å². The van der Waals surface area contributed by atoms with Gasteiger partial charge in [-0.25, -0.2) is 4.98 Å². The van der Waals surface area contributed by atoms with E-state index in [-0.39, 0.29) is 5.91 Å². The molecular weight excluding hydrogens is 396 g/mol. The Kier molecular flexibility index (Phi) is 5.66. The molecule has 0 fully saturated rings. The van der Waals surface area contributed by atoms with Crippen molar-refractivity contribution in [2.24, 2.45) is 0 Å². The van der Waals surface area contributed by atoms with Gasteiger partial charge in [0, 0.05) is 20.5 Å². The van der Waals surface area contributed by atoms with E-state index >= 15 is 0 Å². The normalized spacial score (nSPS) is 10.7. The number of halogens is 1. The number of amides is 1. The number of nitrogens with zero attached hydrogens (tertiary/aromatic N) is 1. The lowest BCUT2D eigenvalue weighted by Crippen LogP contribution is -2.12. The van der Waals surface area contributed by atoms with Gasteiger partial charge in [0.2, 0.25) is 0 Å². The summed E-state index contributed by atoms with van der Waals surface area (Å²) in [5.74, 6) is -0.114. The van der Waals surface area contributed by atoms with Gasteiger partial charge in [-0.2, -0.15) is 0 Å². The summed E-state index contributed by atoms with van der Waals surface area (Å²) in [6.07, 6.45) is 1.99. The Balaban J connectivity index is 1.90. The fourth-order valence-electron chi connectivity index (χ4n) is 2.63. The second-order valence-electron chi connectivity index (χ2n) is 5.82. The van der Waals surface area contributed by atoms with E-state index in [1.165, 1.54) is 4.88 Å². The van der Waals surface area contributed by atoms with Crippen molar-refractivity contribution in [3.05, 3.63) is 69.0 Å². The highest BCUT2D eigenvalue weighted by Crippen LogP contribution is 2.33. The van der Waals surface area contributed by atoms with Crippen LogP contribution in [0.1, 0.15) is 34.1 Å². The number of aromatic nitrogens is 1. The summed E-state index contributed by atoms with van der Waals surface area (Å²) in [7, 11) is 0. The molecule has 128 valence electrons. The number of carbonyl (C=O) groups is 1. The molecule has 0 aliphatic rings. The molecule has 0 atom stereocenters. The summed E-state index contributed by atoms with van der Waals surface area (Å²) in [5.41, 5.74) is 3.66. The first-order valence-electron chi connectivity index (χ1n) is 8.21. The summed E-state index contributed by atoms with van der Waals surface area (Å²) in [5, 5.41) is 3.61. The maximum atomic E-state index is 12.5. The average Bonchev–Trinajstić information content (AvgIpc) is 2.98. The fourth-order valence-corrected chi connectivity index (χ4v) is 3.97. The lowest BCUT2D eigenvalue weighted by molar-refractivity contribution is 0.102. The van der Waals surface area contributed by atoms with Gasteiger partial charge in [-0.3, -0.25) is 10.1 Å². The standard InChI is InChI=1S/C20H19BrN2OS/c1-3-6-17-18(14-9-11-15(21)12-10-14)22-20(25-17)23-19(24)16-8-5-4-7-13(16)2/h4-5,7-12H,3,6H2,1-2H3,(H,22,23,24). The Labute approximate surface area is 160 Å². The smallest absolute Gasteiger partial charge is 0.257 e. The Morgan fingerprint density at radius 3 is 2.56 bits per heavy atom. The molecule has 3 nitrogen and oxygen atoms in total. The van der Waals surface area contributed by atoms with E-state index in [0.717, 1.165) is 34.1 Å². The molecule has 2 aromatic carbocycles. The van der Waals surface area contributed by atoms with Crippen LogP contribution in [0.5, 0.6) is 0 Å². The van der Waals surface area contributed by atoms with E-state index in [9.17, 15) is 4.79 Å². The Morgan fingerprint density at radius 2 is 1.88 bits per heavy atom. The largest absolute Gasteiger partial charge is 0.298 e. The first-order valence-corrected chi connectivity index (χ1v) is 9.82. The van der Waals surface area contributed by atoms with Crippen LogP contribution in [0.3, 0.4) is 0 Å². The van der Waals surface area contributed by atoms with Crippen molar-refractivity contribution in [1.82, 2.24) is 4.98 Å². The van der Waals surface area contributed by atoms with Crippen LogP contribution >= 0.6 is 27.3 Å². The highest BCUT2D eigenvalue weighted by atomic mass is 79.9. The number of aryl methyl sites for hydroxylation is 2. The van der Waals surface area contributed by atoms with Gasteiger partial charge < -0.3 is 0 Å². The molecule has 3 aromatic rings. The third kappa shape index (κ3) is 4.17. The van der Waals surface area contributed by atoms with Crippen molar-refractivity contribution >= 4 is 38.3 Å². The second-order valence-corrected chi connectivity index (χ2v) is 7.82. The minimum Gasteiger partial charge on any atom is -0.298 e. The topological polar surface area (TPSA) is 42.0 Å². The van der Waals surface area contributed by atoms with Gasteiger partial charge in [0.05, 0.1) is 5.69 Å². The molecule has 0 aliphatic heterocycles. The summed E-state index contributed by atoms with van der Waals surface area (Å²) < 4.78 is 1.04. The van der Waals surface area contributed by atoms with Crippen LogP contribution in [0.15, 0.2) is 53.0 Å². The minimum atomic E-state index is -0.114. The van der Waals surface area contributed by atoms with Crippen molar-refractivity contribution in [3.63, 3.8) is 0 Å². The van der Waals surface area contributed by atoms with Crippen molar-refractivity contribution in [3.8, 4) is 11.3 Å². The molecule has 0 bridgehead atoms. The Hall–Kier alpha value is -1.98. The van der Waals surface area contributed by atoms with Crippen molar-refractivity contribution < 1.29 is 4.79 Å². The molecule has 0 spiro atoms. The molecule has 25 heavy (non-hydrogen) atoms. The summed E-state index contributed by atoms with van der Waals surface area (Å²) in [4.78, 5) is 18.4. The Morgan fingerprint density at radius 1 is 1.16 bits per heavy atom. The van der Waals surface area contributed by atoms with E-state index < -0.39 is 0 Å². The number of nitrogens with one attached hydrogen (secondary N) is 1. The van der Waals surface area contributed by atoms with Gasteiger partial charge >= 0.3 is 0 Å². The SMILES string of the molecule is CCCc1sc(NC(=O)c2ccccc2C)nc1-c1ccc(Br)cc1. The zero-order chi connectivity index (χ0) is 17.8. The van der Waals surface area contributed by atoms with Crippen molar-refractivity contribution in [1.29, 1.82) is 0 Å². The summed E-state index contributed by atoms with van der Waals surface area (Å²) >= 11 is 5.02. The number of benzene rings is 2. The van der Waals surface area contributed by atoms with E-state index in [0.29, 0.717) is 10.7 Å². The summed E-state index contributed by atoms with van der Waals surface area (Å²) in [6.45, 7) is 4.09. The lowest BCUT2D eigenvalue weighted by Gasteiger charge is -2.04. The van der Waals surface area contributed by atoms with Gasteiger partial charge in [-0.15, -0.1) is 11.3 Å². The van der Waals surface area contributed by atoms with E-state index in [1.54, 1.807) is 11.3 Å². The predicted molar refractivity (Wildman–Crippen MR) is 108 cm³/mol. The molecule has 0 aliphatic carbocycles. The molecule has 1 aromatic heterocycles. The average molecular weight is 415 g/mol. The molecule has 0 radical (unpaired) electrons.